The Kier molecular flexibility index (Phi) is 5.46. The van der Waals surface area contributed by atoms with Gasteiger partial charge in [-0.1, -0.05) is 13.0 Å². The van der Waals surface area contributed by atoms with E-state index in [0.717, 1.165) is 44.1 Å². The summed E-state index contributed by atoms with van der Waals surface area (Å²) >= 11 is 0. The van der Waals surface area contributed by atoms with Gasteiger partial charge in [0.05, 0.1) is 7.11 Å². The highest BCUT2D eigenvalue weighted by Gasteiger charge is 2.22. The van der Waals surface area contributed by atoms with Crippen LogP contribution in [0.2, 0.25) is 0 Å². The van der Waals surface area contributed by atoms with Crippen molar-refractivity contribution in [3.8, 4) is 17.4 Å². The Hall–Kier alpha value is -2.54. The summed E-state index contributed by atoms with van der Waals surface area (Å²) in [6.45, 7) is 10.9. The molecule has 1 aromatic heterocycles. The summed E-state index contributed by atoms with van der Waals surface area (Å²) in [7, 11) is 1.62. The SMILES string of the molecule is CCN1CCN(c2nc(C)nc(Oc3ccc(C)cc3OC)c2N)CC1. The lowest BCUT2D eigenvalue weighted by molar-refractivity contribution is 0.270. The maximum absolute atomic E-state index is 6.37. The molecule has 0 radical (unpaired) electrons. The topological polar surface area (TPSA) is 76.7 Å². The minimum atomic E-state index is 0.368. The lowest BCUT2D eigenvalue weighted by atomic mass is 10.2. The number of anilines is 2. The Morgan fingerprint density at radius 1 is 1.08 bits per heavy atom. The average Bonchev–Trinajstić information content (AvgIpc) is 2.65. The molecule has 0 amide bonds. The molecule has 2 heterocycles. The Balaban J connectivity index is 1.88. The van der Waals surface area contributed by atoms with Crippen LogP contribution >= 0.6 is 0 Å². The van der Waals surface area contributed by atoms with Gasteiger partial charge in [0, 0.05) is 26.2 Å². The molecule has 1 aromatic carbocycles. The zero-order valence-corrected chi connectivity index (χ0v) is 16.0. The number of aromatic nitrogens is 2. The molecular weight excluding hydrogens is 330 g/mol. The van der Waals surface area contributed by atoms with Crippen molar-refractivity contribution in [2.75, 3.05) is 50.5 Å². The number of methoxy groups -OCH3 is 1. The molecular formula is C19H27N5O2. The van der Waals surface area contributed by atoms with E-state index in [1.54, 1.807) is 7.11 Å². The number of nitrogens with two attached hydrogens (primary N) is 1. The van der Waals surface area contributed by atoms with Crippen LogP contribution in [-0.2, 0) is 0 Å². The molecule has 1 aliphatic rings. The molecule has 1 saturated heterocycles. The molecule has 0 spiro atoms. The molecule has 0 saturated carbocycles. The number of likely N-dealkylation sites (N-methyl/N-ethyl adjacent to an activating group) is 1. The van der Waals surface area contributed by atoms with E-state index in [1.807, 2.05) is 32.0 Å². The zero-order chi connectivity index (χ0) is 18.7. The number of hydrogen-bond donors (Lipinski definition) is 1. The van der Waals surface area contributed by atoms with Crippen molar-refractivity contribution >= 4 is 11.5 Å². The van der Waals surface area contributed by atoms with E-state index in [-0.39, 0.29) is 0 Å². The summed E-state index contributed by atoms with van der Waals surface area (Å²) in [6, 6.07) is 5.75. The van der Waals surface area contributed by atoms with Crippen molar-refractivity contribution in [1.29, 1.82) is 0 Å². The van der Waals surface area contributed by atoms with Crippen LogP contribution < -0.4 is 20.1 Å². The maximum Gasteiger partial charge on any atom is 0.248 e. The van der Waals surface area contributed by atoms with Gasteiger partial charge < -0.3 is 25.0 Å². The Morgan fingerprint density at radius 2 is 1.81 bits per heavy atom. The minimum Gasteiger partial charge on any atom is -0.493 e. The van der Waals surface area contributed by atoms with Crippen molar-refractivity contribution < 1.29 is 9.47 Å². The summed E-state index contributed by atoms with van der Waals surface area (Å²) in [4.78, 5) is 13.6. The highest BCUT2D eigenvalue weighted by molar-refractivity contribution is 5.69. The number of nitrogen functional groups attached to an aromatic ring is 1. The van der Waals surface area contributed by atoms with Crippen LogP contribution in [0.5, 0.6) is 17.4 Å². The molecule has 1 fully saturated rings. The highest BCUT2D eigenvalue weighted by atomic mass is 16.5. The van der Waals surface area contributed by atoms with E-state index in [0.29, 0.717) is 28.9 Å². The lowest BCUT2D eigenvalue weighted by Gasteiger charge is -2.35. The van der Waals surface area contributed by atoms with Gasteiger partial charge in [-0.25, -0.2) is 4.98 Å². The quantitative estimate of drug-likeness (QED) is 0.881. The standard InChI is InChI=1S/C19H27N5O2/c1-5-23-8-10-24(11-9-23)18-17(20)19(22-14(3)21-18)26-15-7-6-13(2)12-16(15)25-4/h6-7,12H,5,8-11,20H2,1-4H3. The third kappa shape index (κ3) is 3.83. The normalized spacial score (nSPS) is 15.2. The van der Waals surface area contributed by atoms with Gasteiger partial charge in [-0.15, -0.1) is 0 Å². The fourth-order valence-corrected chi connectivity index (χ4v) is 3.10. The highest BCUT2D eigenvalue weighted by Crippen LogP contribution is 2.36. The summed E-state index contributed by atoms with van der Waals surface area (Å²) in [5.74, 6) is 2.98. The van der Waals surface area contributed by atoms with Crippen molar-refractivity contribution in [3.63, 3.8) is 0 Å². The Bertz CT molecular complexity index is 773. The predicted molar refractivity (Wildman–Crippen MR) is 103 cm³/mol. The summed E-state index contributed by atoms with van der Waals surface area (Å²) in [6.07, 6.45) is 0. The van der Waals surface area contributed by atoms with E-state index >= 15 is 0 Å². The second kappa shape index (κ2) is 7.78. The second-order valence-electron chi connectivity index (χ2n) is 6.49. The first kappa shape index (κ1) is 18.3. The zero-order valence-electron chi connectivity index (χ0n) is 16.0. The number of rotatable bonds is 5. The molecule has 2 N–H and O–H groups in total. The number of benzene rings is 1. The van der Waals surface area contributed by atoms with Crippen LogP contribution in [0.15, 0.2) is 18.2 Å². The fourth-order valence-electron chi connectivity index (χ4n) is 3.10. The largest absolute Gasteiger partial charge is 0.493 e. The van der Waals surface area contributed by atoms with Gasteiger partial charge in [0.25, 0.3) is 0 Å². The Morgan fingerprint density at radius 3 is 2.46 bits per heavy atom. The molecule has 0 unspecified atom stereocenters. The summed E-state index contributed by atoms with van der Waals surface area (Å²) < 4.78 is 11.4. The first-order valence-electron chi connectivity index (χ1n) is 8.95. The molecule has 0 atom stereocenters. The number of nitrogens with zero attached hydrogens (tertiary/aromatic N) is 4. The monoisotopic (exact) mass is 357 g/mol. The molecule has 3 rings (SSSR count). The third-order valence-electron chi connectivity index (χ3n) is 4.65. The van der Waals surface area contributed by atoms with E-state index in [9.17, 15) is 0 Å². The molecule has 7 nitrogen and oxygen atoms in total. The van der Waals surface area contributed by atoms with Gasteiger partial charge in [-0.05, 0) is 38.1 Å². The van der Waals surface area contributed by atoms with Crippen molar-refractivity contribution in [2.45, 2.75) is 20.8 Å². The van der Waals surface area contributed by atoms with Crippen LogP contribution in [0, 0.1) is 13.8 Å². The van der Waals surface area contributed by atoms with Gasteiger partial charge in [-0.3, -0.25) is 0 Å². The van der Waals surface area contributed by atoms with Gasteiger partial charge in [-0.2, -0.15) is 4.98 Å². The summed E-state index contributed by atoms with van der Waals surface area (Å²) in [5.41, 5.74) is 7.93. The Labute approximate surface area is 154 Å². The van der Waals surface area contributed by atoms with Crippen LogP contribution in [0.25, 0.3) is 0 Å². The third-order valence-corrected chi connectivity index (χ3v) is 4.65. The van der Waals surface area contributed by atoms with E-state index in [1.165, 1.54) is 0 Å². The van der Waals surface area contributed by atoms with Crippen LogP contribution in [-0.4, -0.2) is 54.7 Å². The van der Waals surface area contributed by atoms with Crippen LogP contribution in [0.4, 0.5) is 11.5 Å². The molecule has 1 aliphatic heterocycles. The molecule has 26 heavy (non-hydrogen) atoms. The van der Waals surface area contributed by atoms with Gasteiger partial charge >= 0.3 is 0 Å². The lowest BCUT2D eigenvalue weighted by Crippen LogP contribution is -2.46. The van der Waals surface area contributed by atoms with Crippen LogP contribution in [0.3, 0.4) is 0 Å². The average molecular weight is 357 g/mol. The molecule has 7 heteroatoms. The molecule has 0 bridgehead atoms. The first-order valence-corrected chi connectivity index (χ1v) is 8.95. The van der Waals surface area contributed by atoms with Gasteiger partial charge in [0.2, 0.25) is 5.88 Å². The number of hydrogen-bond acceptors (Lipinski definition) is 7. The van der Waals surface area contributed by atoms with E-state index in [4.69, 9.17) is 15.2 Å². The van der Waals surface area contributed by atoms with Crippen molar-refractivity contribution in [1.82, 2.24) is 14.9 Å². The predicted octanol–water partition coefficient (Wildman–Crippen LogP) is 2.62. The minimum absolute atomic E-state index is 0.368. The molecule has 0 aliphatic carbocycles. The van der Waals surface area contributed by atoms with E-state index < -0.39 is 0 Å². The smallest absolute Gasteiger partial charge is 0.248 e. The van der Waals surface area contributed by atoms with Crippen molar-refractivity contribution in [2.24, 2.45) is 0 Å². The first-order chi connectivity index (χ1) is 12.5. The number of aryl methyl sites for hydroxylation is 2. The van der Waals surface area contributed by atoms with Gasteiger partial charge in [0.1, 0.15) is 11.5 Å². The maximum atomic E-state index is 6.37. The van der Waals surface area contributed by atoms with Crippen molar-refractivity contribution in [3.05, 3.63) is 29.6 Å². The van der Waals surface area contributed by atoms with E-state index in [2.05, 4.69) is 26.7 Å². The number of piperazine rings is 1. The van der Waals surface area contributed by atoms with Gasteiger partial charge in [0.15, 0.2) is 17.3 Å². The summed E-state index contributed by atoms with van der Waals surface area (Å²) in [5, 5.41) is 0. The van der Waals surface area contributed by atoms with Crippen LogP contribution in [0.1, 0.15) is 18.3 Å². The molecule has 140 valence electrons. The number of ether oxygens (including phenoxy) is 2. The fraction of sp³-hybridized carbons (Fsp3) is 0.474. The molecule has 2 aromatic rings. The second-order valence-corrected chi connectivity index (χ2v) is 6.49.